The highest BCUT2D eigenvalue weighted by Crippen LogP contribution is 2.32. The van der Waals surface area contributed by atoms with E-state index in [0.29, 0.717) is 24.5 Å². The Morgan fingerprint density at radius 2 is 1.74 bits per heavy atom. The van der Waals surface area contributed by atoms with E-state index in [1.165, 1.54) is 9.88 Å². The highest BCUT2D eigenvalue weighted by Gasteiger charge is 2.46. The molecule has 1 saturated heterocycles. The normalized spacial score (nSPS) is 18.3. The molecule has 3 aromatic carbocycles. The van der Waals surface area contributed by atoms with Crippen LogP contribution >= 0.6 is 0 Å². The third-order valence-corrected chi connectivity index (χ3v) is 9.15. The number of hydrogen-bond donors (Lipinski definition) is 0. The molecule has 1 unspecified atom stereocenters. The van der Waals surface area contributed by atoms with E-state index in [1.54, 1.807) is 42.5 Å². The molecule has 0 aromatic heterocycles. The minimum absolute atomic E-state index is 0.119. The number of rotatable bonds is 9. The molecule has 0 spiro atoms. The topological polar surface area (TPSA) is 84.0 Å². The molecule has 0 radical (unpaired) electrons. The number of fused-ring (bicyclic) bond motifs is 1. The summed E-state index contributed by atoms with van der Waals surface area (Å²) in [5.74, 6) is -0.311. The van der Waals surface area contributed by atoms with Crippen molar-refractivity contribution < 1.29 is 22.7 Å². The van der Waals surface area contributed by atoms with Crippen LogP contribution < -0.4 is 9.64 Å². The van der Waals surface area contributed by atoms with Crippen molar-refractivity contribution in [2.45, 2.75) is 56.4 Å². The first kappa shape index (κ1) is 26.1. The Kier molecular flexibility index (Phi) is 7.63. The Morgan fingerprint density at radius 1 is 0.974 bits per heavy atom. The van der Waals surface area contributed by atoms with Crippen LogP contribution in [0.3, 0.4) is 0 Å². The molecule has 0 saturated carbocycles. The van der Waals surface area contributed by atoms with E-state index in [-0.39, 0.29) is 17.9 Å². The summed E-state index contributed by atoms with van der Waals surface area (Å²) >= 11 is 0. The van der Waals surface area contributed by atoms with Gasteiger partial charge in [-0.3, -0.25) is 9.59 Å². The highest BCUT2D eigenvalue weighted by atomic mass is 32.2. The number of imide groups is 1. The summed E-state index contributed by atoms with van der Waals surface area (Å²) in [5.41, 5.74) is 1.61. The molecule has 5 rings (SSSR count). The molecule has 1 atom stereocenters. The Morgan fingerprint density at radius 3 is 2.45 bits per heavy atom. The molecule has 38 heavy (non-hydrogen) atoms. The maximum atomic E-state index is 14.1. The minimum Gasteiger partial charge on any atom is -0.494 e. The standard InChI is InChI=1S/C30H32N2O5S/c1-2-37-26-15-13-25(14-16-26)32-29(33)21-28(30(32)34)31(19-18-22-8-4-3-5-9-22)38(35,36)27-17-12-23-10-6-7-11-24(23)20-27/h6-8,10-17,20,28H,2-5,9,18-19,21H2,1H3. The maximum absolute atomic E-state index is 14.1. The Hall–Kier alpha value is -3.49. The lowest BCUT2D eigenvalue weighted by molar-refractivity contribution is -0.122. The molecule has 1 fully saturated rings. The first-order valence-electron chi connectivity index (χ1n) is 13.2. The molecule has 2 aliphatic rings. The van der Waals surface area contributed by atoms with Gasteiger partial charge in [0.25, 0.3) is 5.91 Å². The lowest BCUT2D eigenvalue weighted by Gasteiger charge is -2.28. The van der Waals surface area contributed by atoms with Gasteiger partial charge in [0.15, 0.2) is 0 Å². The fraction of sp³-hybridized carbons (Fsp3) is 0.333. The minimum atomic E-state index is -4.07. The summed E-state index contributed by atoms with van der Waals surface area (Å²) in [6.07, 6.45) is 6.65. The lowest BCUT2D eigenvalue weighted by atomic mass is 9.97. The van der Waals surface area contributed by atoms with Crippen LogP contribution in [0.25, 0.3) is 10.8 Å². The van der Waals surface area contributed by atoms with Crippen LogP contribution in [0.2, 0.25) is 0 Å². The molecule has 7 nitrogen and oxygen atoms in total. The Labute approximate surface area is 223 Å². The zero-order valence-corrected chi connectivity index (χ0v) is 22.3. The number of nitrogens with zero attached hydrogens (tertiary/aromatic N) is 2. The number of carbonyl (C=O) groups is 2. The Balaban J connectivity index is 1.48. The van der Waals surface area contributed by atoms with Crippen LogP contribution in [0.15, 0.2) is 83.3 Å². The number of anilines is 1. The summed E-state index contributed by atoms with van der Waals surface area (Å²) in [6.45, 7) is 2.52. The van der Waals surface area contributed by atoms with E-state index in [1.807, 2.05) is 31.2 Å². The number of amides is 2. The van der Waals surface area contributed by atoms with Crippen LogP contribution in [0.4, 0.5) is 5.69 Å². The SMILES string of the molecule is CCOc1ccc(N2C(=O)CC(N(CCC3=CCCCC3)S(=O)(=O)c3ccc4ccccc4c3)C2=O)cc1. The van der Waals surface area contributed by atoms with Crippen molar-refractivity contribution in [1.82, 2.24) is 4.31 Å². The quantitative estimate of drug-likeness (QED) is 0.270. The van der Waals surface area contributed by atoms with Crippen molar-refractivity contribution in [2.75, 3.05) is 18.1 Å². The van der Waals surface area contributed by atoms with Crippen molar-refractivity contribution in [1.29, 1.82) is 0 Å². The summed E-state index contributed by atoms with van der Waals surface area (Å²) in [7, 11) is -4.07. The molecular formula is C30H32N2O5S. The van der Waals surface area contributed by atoms with E-state index in [9.17, 15) is 18.0 Å². The first-order valence-corrected chi connectivity index (χ1v) is 14.6. The summed E-state index contributed by atoms with van der Waals surface area (Å²) < 4.78 is 34.8. The molecular weight excluding hydrogens is 500 g/mol. The molecule has 1 heterocycles. The van der Waals surface area contributed by atoms with Crippen molar-refractivity contribution in [2.24, 2.45) is 0 Å². The van der Waals surface area contributed by atoms with Crippen LogP contribution in [0.1, 0.15) is 45.4 Å². The predicted octanol–water partition coefficient (Wildman–Crippen LogP) is 5.45. The van der Waals surface area contributed by atoms with Gasteiger partial charge in [-0.2, -0.15) is 4.31 Å². The third-order valence-electron chi connectivity index (χ3n) is 7.24. The van der Waals surface area contributed by atoms with Gasteiger partial charge in [0.1, 0.15) is 11.8 Å². The first-order chi connectivity index (χ1) is 18.4. The smallest absolute Gasteiger partial charge is 0.252 e. The molecule has 2 amide bonds. The zero-order chi connectivity index (χ0) is 26.7. The summed E-state index contributed by atoms with van der Waals surface area (Å²) in [6, 6.07) is 18.1. The summed E-state index contributed by atoms with van der Waals surface area (Å²) in [5, 5.41) is 1.73. The fourth-order valence-corrected chi connectivity index (χ4v) is 6.88. The number of hydrogen-bond acceptors (Lipinski definition) is 5. The second-order valence-corrected chi connectivity index (χ2v) is 11.6. The van der Waals surface area contributed by atoms with Crippen LogP contribution in [-0.4, -0.2) is 43.7 Å². The van der Waals surface area contributed by atoms with Gasteiger partial charge < -0.3 is 4.74 Å². The van der Waals surface area contributed by atoms with Gasteiger partial charge in [-0.25, -0.2) is 13.3 Å². The van der Waals surface area contributed by atoms with Crippen molar-refractivity contribution in [3.8, 4) is 5.75 Å². The van der Waals surface area contributed by atoms with Crippen molar-refractivity contribution >= 4 is 38.3 Å². The van der Waals surface area contributed by atoms with Gasteiger partial charge in [0, 0.05) is 6.54 Å². The molecule has 1 aliphatic heterocycles. The Bertz CT molecular complexity index is 1480. The largest absolute Gasteiger partial charge is 0.494 e. The highest BCUT2D eigenvalue weighted by molar-refractivity contribution is 7.89. The average Bonchev–Trinajstić information content (AvgIpc) is 3.22. The lowest BCUT2D eigenvalue weighted by Crippen LogP contribution is -2.46. The van der Waals surface area contributed by atoms with Gasteiger partial charge in [-0.1, -0.05) is 42.0 Å². The van der Waals surface area contributed by atoms with E-state index >= 15 is 0 Å². The van der Waals surface area contributed by atoms with Gasteiger partial charge >= 0.3 is 0 Å². The monoisotopic (exact) mass is 532 g/mol. The number of benzene rings is 3. The molecule has 0 bridgehead atoms. The van der Waals surface area contributed by atoms with Gasteiger partial charge in [-0.05, 0) is 86.2 Å². The second kappa shape index (κ2) is 11.1. The van der Waals surface area contributed by atoms with Crippen LogP contribution in [0, 0.1) is 0 Å². The number of sulfonamides is 1. The number of allylic oxidation sites excluding steroid dienone is 1. The molecule has 8 heteroatoms. The number of ether oxygens (including phenoxy) is 1. The van der Waals surface area contributed by atoms with E-state index in [0.717, 1.165) is 41.4 Å². The zero-order valence-electron chi connectivity index (χ0n) is 21.5. The third kappa shape index (κ3) is 5.24. The second-order valence-electron chi connectivity index (χ2n) is 9.70. The maximum Gasteiger partial charge on any atom is 0.252 e. The van der Waals surface area contributed by atoms with Gasteiger partial charge in [-0.15, -0.1) is 0 Å². The predicted molar refractivity (Wildman–Crippen MR) is 148 cm³/mol. The fourth-order valence-electron chi connectivity index (χ4n) is 5.26. The molecule has 1 aliphatic carbocycles. The van der Waals surface area contributed by atoms with E-state index < -0.39 is 27.9 Å². The van der Waals surface area contributed by atoms with Gasteiger partial charge in [0.2, 0.25) is 15.9 Å². The van der Waals surface area contributed by atoms with Crippen molar-refractivity contribution in [3.05, 3.63) is 78.4 Å². The average molecular weight is 533 g/mol. The molecule has 3 aromatic rings. The number of carbonyl (C=O) groups excluding carboxylic acids is 2. The van der Waals surface area contributed by atoms with Crippen LogP contribution in [0.5, 0.6) is 5.75 Å². The molecule has 0 N–H and O–H groups in total. The summed E-state index contributed by atoms with van der Waals surface area (Å²) in [4.78, 5) is 28.0. The van der Waals surface area contributed by atoms with E-state index in [2.05, 4.69) is 6.08 Å². The van der Waals surface area contributed by atoms with Gasteiger partial charge in [0.05, 0.1) is 23.6 Å². The van der Waals surface area contributed by atoms with E-state index in [4.69, 9.17) is 4.74 Å². The van der Waals surface area contributed by atoms with Crippen LogP contribution in [-0.2, 0) is 19.6 Å². The molecule has 198 valence electrons. The van der Waals surface area contributed by atoms with Crippen molar-refractivity contribution in [3.63, 3.8) is 0 Å².